The number of halogens is 1. The molecule has 2 nitrogen and oxygen atoms in total. The number of ether oxygens (including phenoxy) is 1. The molecule has 0 bridgehead atoms. The van der Waals surface area contributed by atoms with E-state index >= 15 is 0 Å². The molecule has 0 radical (unpaired) electrons. The van der Waals surface area contributed by atoms with Gasteiger partial charge in [0.05, 0.1) is 13.0 Å². The highest BCUT2D eigenvalue weighted by Gasteiger charge is 2.21. The molecular weight excluding hydrogens is 304 g/mol. The minimum absolute atomic E-state index is 0.201. The van der Waals surface area contributed by atoms with Crippen LogP contribution in [0, 0.1) is 0 Å². The Hall–Kier alpha value is -1.45. The van der Waals surface area contributed by atoms with Gasteiger partial charge in [-0.05, 0) is 17.2 Å². The summed E-state index contributed by atoms with van der Waals surface area (Å²) in [6.45, 7) is 0. The molecule has 2 aromatic carbocycles. The van der Waals surface area contributed by atoms with Crippen molar-refractivity contribution >= 4 is 29.3 Å². The smallest absolute Gasteiger partial charge is 0.313 e. The third kappa shape index (κ3) is 4.51. The SMILES string of the molecule is COC(=O)C(CSCc1ccccc1Cl)c1ccccc1. The number of carbonyl (C=O) groups is 1. The molecule has 1 unspecified atom stereocenters. The maximum Gasteiger partial charge on any atom is 0.313 e. The first-order valence-corrected chi connectivity index (χ1v) is 8.19. The van der Waals surface area contributed by atoms with Crippen molar-refractivity contribution in [1.82, 2.24) is 0 Å². The first-order chi connectivity index (χ1) is 10.2. The third-order valence-electron chi connectivity index (χ3n) is 3.19. The largest absolute Gasteiger partial charge is 0.469 e. The van der Waals surface area contributed by atoms with Gasteiger partial charge < -0.3 is 4.74 Å². The molecule has 2 aromatic rings. The predicted octanol–water partition coefficient (Wildman–Crippen LogP) is 4.53. The highest BCUT2D eigenvalue weighted by atomic mass is 35.5. The second-order valence-corrected chi connectivity index (χ2v) is 6.03. The summed E-state index contributed by atoms with van der Waals surface area (Å²) in [6.07, 6.45) is 0. The van der Waals surface area contributed by atoms with Gasteiger partial charge in [0.1, 0.15) is 0 Å². The number of rotatable bonds is 6. The van der Waals surface area contributed by atoms with Gasteiger partial charge >= 0.3 is 5.97 Å². The Morgan fingerprint density at radius 3 is 2.48 bits per heavy atom. The lowest BCUT2D eigenvalue weighted by molar-refractivity contribution is -0.141. The van der Waals surface area contributed by atoms with E-state index in [-0.39, 0.29) is 11.9 Å². The van der Waals surface area contributed by atoms with Crippen LogP contribution in [-0.4, -0.2) is 18.8 Å². The standard InChI is InChI=1S/C17H17ClO2S/c1-20-17(19)15(13-7-3-2-4-8-13)12-21-11-14-9-5-6-10-16(14)18/h2-10,15H,11-12H2,1H3. The van der Waals surface area contributed by atoms with Crippen molar-refractivity contribution in [3.05, 3.63) is 70.7 Å². The van der Waals surface area contributed by atoms with Gasteiger partial charge in [-0.2, -0.15) is 11.8 Å². The van der Waals surface area contributed by atoms with E-state index in [1.54, 1.807) is 11.8 Å². The molecule has 0 saturated carbocycles. The average Bonchev–Trinajstić information content (AvgIpc) is 2.53. The summed E-state index contributed by atoms with van der Waals surface area (Å²) in [5.74, 6) is 0.999. The van der Waals surface area contributed by atoms with Crippen LogP contribution in [0.3, 0.4) is 0 Å². The molecular formula is C17H17ClO2S. The van der Waals surface area contributed by atoms with Crippen LogP contribution in [0.4, 0.5) is 0 Å². The first-order valence-electron chi connectivity index (χ1n) is 6.66. The van der Waals surface area contributed by atoms with Crippen LogP contribution in [0.1, 0.15) is 17.0 Å². The number of esters is 1. The van der Waals surface area contributed by atoms with E-state index in [0.717, 1.165) is 21.9 Å². The van der Waals surface area contributed by atoms with Gasteiger partial charge in [-0.1, -0.05) is 60.1 Å². The molecule has 21 heavy (non-hydrogen) atoms. The van der Waals surface area contributed by atoms with Crippen molar-refractivity contribution in [2.75, 3.05) is 12.9 Å². The molecule has 0 fully saturated rings. The van der Waals surface area contributed by atoms with E-state index in [9.17, 15) is 4.79 Å². The van der Waals surface area contributed by atoms with E-state index in [1.807, 2.05) is 54.6 Å². The summed E-state index contributed by atoms with van der Waals surface area (Å²) in [5.41, 5.74) is 2.07. The van der Waals surface area contributed by atoms with Gasteiger partial charge in [0.2, 0.25) is 0 Å². The van der Waals surface area contributed by atoms with Crippen LogP contribution in [0.2, 0.25) is 5.02 Å². The maximum absolute atomic E-state index is 12.0. The molecule has 0 aromatic heterocycles. The summed E-state index contributed by atoms with van der Waals surface area (Å²) in [6, 6.07) is 17.5. The van der Waals surface area contributed by atoms with Crippen molar-refractivity contribution in [1.29, 1.82) is 0 Å². The zero-order valence-corrected chi connectivity index (χ0v) is 13.4. The zero-order valence-electron chi connectivity index (χ0n) is 11.8. The van der Waals surface area contributed by atoms with Crippen LogP contribution in [0.5, 0.6) is 0 Å². The molecule has 0 aliphatic heterocycles. The topological polar surface area (TPSA) is 26.3 Å². The van der Waals surface area contributed by atoms with Gasteiger partial charge in [0.25, 0.3) is 0 Å². The minimum atomic E-state index is -0.247. The molecule has 110 valence electrons. The van der Waals surface area contributed by atoms with Gasteiger partial charge in [-0.25, -0.2) is 0 Å². The maximum atomic E-state index is 12.0. The Labute approximate surface area is 134 Å². The molecule has 4 heteroatoms. The van der Waals surface area contributed by atoms with E-state index in [4.69, 9.17) is 16.3 Å². The van der Waals surface area contributed by atoms with E-state index in [2.05, 4.69) is 0 Å². The van der Waals surface area contributed by atoms with Crippen LogP contribution >= 0.6 is 23.4 Å². The van der Waals surface area contributed by atoms with Crippen LogP contribution < -0.4 is 0 Å². The lowest BCUT2D eigenvalue weighted by Crippen LogP contribution is -2.16. The Balaban J connectivity index is 2.00. The van der Waals surface area contributed by atoms with Crippen molar-refractivity contribution in [3.8, 4) is 0 Å². The molecule has 0 aliphatic rings. The highest BCUT2D eigenvalue weighted by molar-refractivity contribution is 7.98. The molecule has 1 atom stereocenters. The Morgan fingerprint density at radius 2 is 1.81 bits per heavy atom. The molecule has 0 heterocycles. The second kappa shape index (κ2) is 8.11. The molecule has 0 amide bonds. The fourth-order valence-electron chi connectivity index (χ4n) is 2.03. The summed E-state index contributed by atoms with van der Waals surface area (Å²) >= 11 is 7.82. The molecule has 0 spiro atoms. The summed E-state index contributed by atoms with van der Waals surface area (Å²) in [7, 11) is 1.43. The van der Waals surface area contributed by atoms with Gasteiger partial charge in [-0.15, -0.1) is 0 Å². The average molecular weight is 321 g/mol. The number of methoxy groups -OCH3 is 1. The molecule has 2 rings (SSSR count). The van der Waals surface area contributed by atoms with Crippen molar-refractivity contribution < 1.29 is 9.53 Å². The van der Waals surface area contributed by atoms with Gasteiger partial charge in [0, 0.05) is 16.5 Å². The monoisotopic (exact) mass is 320 g/mol. The Bertz CT molecular complexity index is 586. The Kier molecular flexibility index (Phi) is 6.15. The third-order valence-corrected chi connectivity index (χ3v) is 4.64. The van der Waals surface area contributed by atoms with Gasteiger partial charge in [0.15, 0.2) is 0 Å². The van der Waals surface area contributed by atoms with Crippen LogP contribution in [0.25, 0.3) is 0 Å². The normalized spacial score (nSPS) is 11.9. The van der Waals surface area contributed by atoms with Gasteiger partial charge in [-0.3, -0.25) is 4.79 Å². The first kappa shape index (κ1) is 15.9. The van der Waals surface area contributed by atoms with Crippen molar-refractivity contribution in [2.24, 2.45) is 0 Å². The molecule has 0 aliphatic carbocycles. The highest BCUT2D eigenvalue weighted by Crippen LogP contribution is 2.26. The lowest BCUT2D eigenvalue weighted by Gasteiger charge is -2.15. The quantitative estimate of drug-likeness (QED) is 0.731. The van der Waals surface area contributed by atoms with E-state index in [0.29, 0.717) is 5.75 Å². The fourth-order valence-corrected chi connectivity index (χ4v) is 3.47. The summed E-state index contributed by atoms with van der Waals surface area (Å²) in [4.78, 5) is 12.0. The van der Waals surface area contributed by atoms with E-state index < -0.39 is 0 Å². The molecule has 0 saturated heterocycles. The van der Waals surface area contributed by atoms with Crippen molar-refractivity contribution in [3.63, 3.8) is 0 Å². The Morgan fingerprint density at radius 1 is 1.14 bits per heavy atom. The number of hydrogen-bond donors (Lipinski definition) is 0. The fraction of sp³-hybridized carbons (Fsp3) is 0.235. The summed E-state index contributed by atoms with van der Waals surface area (Å²) in [5, 5.41) is 0.763. The number of benzene rings is 2. The van der Waals surface area contributed by atoms with Crippen LogP contribution in [-0.2, 0) is 15.3 Å². The number of carbonyl (C=O) groups excluding carboxylic acids is 1. The minimum Gasteiger partial charge on any atom is -0.469 e. The van der Waals surface area contributed by atoms with Crippen molar-refractivity contribution in [2.45, 2.75) is 11.7 Å². The second-order valence-electron chi connectivity index (χ2n) is 4.59. The molecule has 0 N–H and O–H groups in total. The lowest BCUT2D eigenvalue weighted by atomic mass is 10.0. The summed E-state index contributed by atoms with van der Waals surface area (Å²) < 4.78 is 4.91. The number of hydrogen-bond acceptors (Lipinski definition) is 3. The van der Waals surface area contributed by atoms with E-state index in [1.165, 1.54) is 7.11 Å². The predicted molar refractivity (Wildman–Crippen MR) is 88.8 cm³/mol. The van der Waals surface area contributed by atoms with Crippen LogP contribution in [0.15, 0.2) is 54.6 Å². The number of thioether (sulfide) groups is 1. The zero-order chi connectivity index (χ0) is 15.1.